The van der Waals surface area contributed by atoms with Gasteiger partial charge < -0.3 is 0 Å². The van der Waals surface area contributed by atoms with E-state index in [9.17, 15) is 0 Å². The molecule has 0 unspecified atom stereocenters. The van der Waals surface area contributed by atoms with Gasteiger partial charge in [0.15, 0.2) is 11.6 Å². The maximum atomic E-state index is 4.68. The lowest BCUT2D eigenvalue weighted by molar-refractivity contribution is 0.420. The second-order valence-corrected chi connectivity index (χ2v) is 11.2. The lowest BCUT2D eigenvalue weighted by Crippen LogP contribution is -2.10. The molecular weight excluding hydrogens is 450 g/mol. The second kappa shape index (κ2) is 9.48. The number of aromatic nitrogens is 3. The van der Waals surface area contributed by atoms with E-state index in [1.807, 2.05) is 6.07 Å². The van der Waals surface area contributed by atoms with Gasteiger partial charge in [-0.25, -0.2) is 0 Å². The van der Waals surface area contributed by atoms with Gasteiger partial charge in [-0.1, -0.05) is 118 Å². The Morgan fingerprint density at radius 1 is 0.622 bits per heavy atom. The number of para-hydroxylation sites is 1. The first kappa shape index (κ1) is 23.4. The van der Waals surface area contributed by atoms with E-state index in [4.69, 9.17) is 0 Å². The minimum Gasteiger partial charge on any atom is -0.275 e. The van der Waals surface area contributed by atoms with Gasteiger partial charge in [0.2, 0.25) is 0 Å². The van der Waals surface area contributed by atoms with Crippen LogP contribution in [0.1, 0.15) is 57.1 Å². The zero-order chi connectivity index (χ0) is 25.4. The molecule has 1 fully saturated rings. The van der Waals surface area contributed by atoms with Crippen LogP contribution in [0.15, 0.2) is 103 Å². The van der Waals surface area contributed by atoms with Crippen LogP contribution in [0.3, 0.4) is 0 Å². The van der Waals surface area contributed by atoms with Crippen molar-refractivity contribution in [1.82, 2.24) is 14.8 Å². The summed E-state index contributed by atoms with van der Waals surface area (Å²) in [7, 11) is 0. The van der Waals surface area contributed by atoms with E-state index in [0.29, 0.717) is 0 Å². The Morgan fingerprint density at radius 2 is 1.22 bits per heavy atom. The molecule has 0 radical (unpaired) electrons. The van der Waals surface area contributed by atoms with E-state index in [1.54, 1.807) is 0 Å². The molecule has 5 aromatic rings. The molecule has 0 amide bonds. The van der Waals surface area contributed by atoms with Crippen LogP contribution in [-0.2, 0) is 5.41 Å². The molecule has 0 atom stereocenters. The standard InChI is InChI=1S/C34H33N3/c1-34(2,3)30-21-19-27(20-22-30)33-36-35-32(37(33)31-13-5-4-6-14-31)26-17-15-25(16-18-26)29-12-8-11-28(23-29)24-9-7-10-24/h4-6,8,11-24H,7,9-10H2,1-3H3. The van der Waals surface area contributed by atoms with Crippen molar-refractivity contribution in [3.05, 3.63) is 114 Å². The molecule has 37 heavy (non-hydrogen) atoms. The Bertz CT molecular complexity index is 1500. The fourth-order valence-electron chi connectivity index (χ4n) is 5.12. The summed E-state index contributed by atoms with van der Waals surface area (Å²) in [5, 5.41) is 9.35. The molecule has 0 bridgehead atoms. The Labute approximate surface area is 219 Å². The maximum Gasteiger partial charge on any atom is 0.168 e. The molecule has 0 aliphatic heterocycles. The van der Waals surface area contributed by atoms with Crippen LogP contribution in [0.4, 0.5) is 0 Å². The molecule has 0 saturated heterocycles. The van der Waals surface area contributed by atoms with Gasteiger partial charge in [-0.2, -0.15) is 0 Å². The Kier molecular flexibility index (Phi) is 6.00. The van der Waals surface area contributed by atoms with E-state index in [0.717, 1.165) is 34.4 Å². The molecule has 1 aliphatic rings. The van der Waals surface area contributed by atoms with Crippen LogP contribution in [0.25, 0.3) is 39.6 Å². The van der Waals surface area contributed by atoms with Crippen molar-refractivity contribution in [3.8, 4) is 39.6 Å². The molecule has 1 saturated carbocycles. The van der Waals surface area contributed by atoms with E-state index in [-0.39, 0.29) is 5.41 Å². The fraction of sp³-hybridized carbons (Fsp3) is 0.235. The third-order valence-corrected chi connectivity index (χ3v) is 7.63. The number of nitrogens with zero attached hydrogens (tertiary/aromatic N) is 3. The normalized spacial score (nSPS) is 13.9. The summed E-state index contributed by atoms with van der Waals surface area (Å²) in [5.41, 5.74) is 8.55. The highest BCUT2D eigenvalue weighted by molar-refractivity contribution is 5.71. The Morgan fingerprint density at radius 3 is 1.78 bits per heavy atom. The SMILES string of the molecule is CC(C)(C)c1ccc(-c2nnc(-c3ccc(-c4cccc(C5CCC5)c4)cc3)n2-c2ccccc2)cc1. The number of rotatable bonds is 5. The van der Waals surface area contributed by atoms with Crippen molar-refractivity contribution in [2.24, 2.45) is 0 Å². The molecule has 4 aromatic carbocycles. The van der Waals surface area contributed by atoms with Gasteiger partial charge in [0, 0.05) is 16.8 Å². The topological polar surface area (TPSA) is 30.7 Å². The number of hydrogen-bond donors (Lipinski definition) is 0. The van der Waals surface area contributed by atoms with E-state index in [2.05, 4.69) is 133 Å². The highest BCUT2D eigenvalue weighted by Crippen LogP contribution is 2.38. The van der Waals surface area contributed by atoms with Gasteiger partial charge in [0.25, 0.3) is 0 Å². The monoisotopic (exact) mass is 483 g/mol. The molecule has 1 heterocycles. The molecule has 6 rings (SSSR count). The molecule has 1 aliphatic carbocycles. The average molecular weight is 484 g/mol. The molecule has 0 N–H and O–H groups in total. The lowest BCUT2D eigenvalue weighted by Gasteiger charge is -2.26. The van der Waals surface area contributed by atoms with Gasteiger partial charge in [0.05, 0.1) is 0 Å². The molecular formula is C34H33N3. The summed E-state index contributed by atoms with van der Waals surface area (Å²) in [6, 6.07) is 36.9. The first-order valence-corrected chi connectivity index (χ1v) is 13.3. The van der Waals surface area contributed by atoms with Crippen molar-refractivity contribution in [1.29, 1.82) is 0 Å². The fourth-order valence-corrected chi connectivity index (χ4v) is 5.12. The first-order chi connectivity index (χ1) is 18.0. The molecule has 184 valence electrons. The predicted molar refractivity (Wildman–Crippen MR) is 153 cm³/mol. The van der Waals surface area contributed by atoms with Gasteiger partial charge in [-0.15, -0.1) is 10.2 Å². The van der Waals surface area contributed by atoms with Crippen molar-refractivity contribution in [3.63, 3.8) is 0 Å². The largest absolute Gasteiger partial charge is 0.275 e. The van der Waals surface area contributed by atoms with Crippen LogP contribution in [0.2, 0.25) is 0 Å². The average Bonchev–Trinajstić information content (AvgIpc) is 3.33. The van der Waals surface area contributed by atoms with Crippen LogP contribution >= 0.6 is 0 Å². The van der Waals surface area contributed by atoms with Gasteiger partial charge in [0.1, 0.15) is 0 Å². The van der Waals surface area contributed by atoms with Crippen molar-refractivity contribution >= 4 is 0 Å². The van der Waals surface area contributed by atoms with Crippen molar-refractivity contribution in [2.45, 2.75) is 51.4 Å². The van der Waals surface area contributed by atoms with Gasteiger partial charge in [-0.05, 0) is 58.6 Å². The summed E-state index contributed by atoms with van der Waals surface area (Å²) in [6.45, 7) is 6.71. The highest BCUT2D eigenvalue weighted by atomic mass is 15.3. The summed E-state index contributed by atoms with van der Waals surface area (Å²) >= 11 is 0. The van der Waals surface area contributed by atoms with Gasteiger partial charge >= 0.3 is 0 Å². The zero-order valence-electron chi connectivity index (χ0n) is 21.9. The third kappa shape index (κ3) is 4.62. The number of benzene rings is 4. The first-order valence-electron chi connectivity index (χ1n) is 13.3. The van der Waals surface area contributed by atoms with Crippen LogP contribution in [0.5, 0.6) is 0 Å². The molecule has 1 aromatic heterocycles. The van der Waals surface area contributed by atoms with Crippen LogP contribution in [0, 0.1) is 0 Å². The maximum absolute atomic E-state index is 4.68. The third-order valence-electron chi connectivity index (χ3n) is 7.63. The lowest BCUT2D eigenvalue weighted by atomic mass is 9.79. The quantitative estimate of drug-likeness (QED) is 0.250. The summed E-state index contributed by atoms with van der Waals surface area (Å²) in [4.78, 5) is 0. The second-order valence-electron chi connectivity index (χ2n) is 11.2. The summed E-state index contributed by atoms with van der Waals surface area (Å²) in [6.07, 6.45) is 3.99. The molecule has 3 heteroatoms. The molecule has 0 spiro atoms. The van der Waals surface area contributed by atoms with Gasteiger partial charge in [-0.3, -0.25) is 4.57 Å². The zero-order valence-corrected chi connectivity index (χ0v) is 21.9. The summed E-state index contributed by atoms with van der Waals surface area (Å²) in [5.74, 6) is 2.43. The van der Waals surface area contributed by atoms with E-state index >= 15 is 0 Å². The van der Waals surface area contributed by atoms with Crippen LogP contribution < -0.4 is 0 Å². The van der Waals surface area contributed by atoms with Crippen LogP contribution in [-0.4, -0.2) is 14.8 Å². The predicted octanol–water partition coefficient (Wildman–Crippen LogP) is 8.83. The molecule has 3 nitrogen and oxygen atoms in total. The smallest absolute Gasteiger partial charge is 0.168 e. The Balaban J connectivity index is 1.38. The number of hydrogen-bond acceptors (Lipinski definition) is 2. The highest BCUT2D eigenvalue weighted by Gasteiger charge is 2.21. The Hall–Kier alpha value is -3.98. The van der Waals surface area contributed by atoms with E-state index in [1.165, 1.54) is 41.5 Å². The van der Waals surface area contributed by atoms with Crippen molar-refractivity contribution < 1.29 is 0 Å². The van der Waals surface area contributed by atoms with Crippen molar-refractivity contribution in [2.75, 3.05) is 0 Å². The minimum atomic E-state index is 0.107. The summed E-state index contributed by atoms with van der Waals surface area (Å²) < 4.78 is 2.16. The van der Waals surface area contributed by atoms with E-state index < -0.39 is 0 Å². The minimum absolute atomic E-state index is 0.107.